The van der Waals surface area contributed by atoms with Crippen LogP contribution in [0.4, 0.5) is 5.69 Å². The highest BCUT2D eigenvalue weighted by atomic mass is 16.5. The molecule has 1 unspecified atom stereocenters. The topological polar surface area (TPSA) is 53.1 Å². The number of nitrogens with zero attached hydrogens (tertiary/aromatic N) is 2. The summed E-state index contributed by atoms with van der Waals surface area (Å²) >= 11 is 0. The fourth-order valence-corrected chi connectivity index (χ4v) is 1.83. The first kappa shape index (κ1) is 11.0. The van der Waals surface area contributed by atoms with Crippen LogP contribution in [0, 0.1) is 6.92 Å². The number of hydrogen-bond donors (Lipinski definition) is 1. The number of aromatic nitrogens is 2. The van der Waals surface area contributed by atoms with Gasteiger partial charge in [0.05, 0.1) is 23.7 Å². The number of nitrogen functional groups attached to an aromatic ring is 1. The number of anilines is 1. The van der Waals surface area contributed by atoms with Crippen LogP contribution < -0.4 is 5.73 Å². The number of fused-ring (bicyclic) bond motifs is 1. The number of hydrogen-bond acceptors (Lipinski definition) is 3. The Labute approximate surface area is 95.0 Å². The molecule has 0 spiro atoms. The molecule has 2 aromatic rings. The van der Waals surface area contributed by atoms with Crippen molar-refractivity contribution in [3.05, 3.63) is 24.0 Å². The predicted molar refractivity (Wildman–Crippen MR) is 65.4 cm³/mol. The molecule has 0 saturated carbocycles. The standard InChI is InChI=1S/C12H17N3O/c1-8(16-3)7-15-9(2)14-11-6-10(13)4-5-12(11)15/h4-6,8H,7,13H2,1-3H3. The molecule has 2 N–H and O–H groups in total. The number of benzene rings is 1. The van der Waals surface area contributed by atoms with E-state index in [2.05, 4.69) is 9.55 Å². The first-order chi connectivity index (χ1) is 7.61. The molecule has 1 aromatic carbocycles. The summed E-state index contributed by atoms with van der Waals surface area (Å²) in [5.74, 6) is 0.990. The number of methoxy groups -OCH3 is 1. The highest BCUT2D eigenvalue weighted by molar-refractivity contribution is 5.79. The van der Waals surface area contributed by atoms with Gasteiger partial charge in [-0.05, 0) is 32.0 Å². The van der Waals surface area contributed by atoms with E-state index in [1.54, 1.807) is 7.11 Å². The molecule has 0 aliphatic carbocycles. The van der Waals surface area contributed by atoms with Gasteiger partial charge < -0.3 is 15.0 Å². The van der Waals surface area contributed by atoms with E-state index in [4.69, 9.17) is 10.5 Å². The van der Waals surface area contributed by atoms with E-state index < -0.39 is 0 Å². The highest BCUT2D eigenvalue weighted by Gasteiger charge is 2.10. The van der Waals surface area contributed by atoms with E-state index in [0.29, 0.717) is 0 Å². The normalized spacial score (nSPS) is 13.2. The maximum atomic E-state index is 5.74. The molecular weight excluding hydrogens is 202 g/mol. The van der Waals surface area contributed by atoms with E-state index in [1.807, 2.05) is 32.0 Å². The number of nitrogens with two attached hydrogens (primary N) is 1. The predicted octanol–water partition coefficient (Wildman–Crippen LogP) is 1.96. The Bertz CT molecular complexity index is 504. The summed E-state index contributed by atoms with van der Waals surface area (Å²) in [6.07, 6.45) is 0.175. The van der Waals surface area contributed by atoms with Gasteiger partial charge in [0.25, 0.3) is 0 Å². The minimum atomic E-state index is 0.175. The fraction of sp³-hybridized carbons (Fsp3) is 0.417. The van der Waals surface area contributed by atoms with Gasteiger partial charge >= 0.3 is 0 Å². The van der Waals surface area contributed by atoms with E-state index in [0.717, 1.165) is 29.1 Å². The first-order valence-corrected chi connectivity index (χ1v) is 5.37. The van der Waals surface area contributed by atoms with Gasteiger partial charge in [-0.3, -0.25) is 0 Å². The Morgan fingerprint density at radius 3 is 2.94 bits per heavy atom. The molecule has 4 heteroatoms. The third kappa shape index (κ3) is 1.88. The Kier molecular flexibility index (Phi) is 2.83. The molecule has 86 valence electrons. The van der Waals surface area contributed by atoms with Crippen LogP contribution in [0.15, 0.2) is 18.2 Å². The van der Waals surface area contributed by atoms with Crippen molar-refractivity contribution in [2.75, 3.05) is 12.8 Å². The summed E-state index contributed by atoms with van der Waals surface area (Å²) in [4.78, 5) is 4.49. The lowest BCUT2D eigenvalue weighted by Crippen LogP contribution is -2.15. The van der Waals surface area contributed by atoms with E-state index in [9.17, 15) is 0 Å². The molecule has 0 bridgehead atoms. The van der Waals surface area contributed by atoms with Gasteiger partial charge in [0.15, 0.2) is 0 Å². The zero-order valence-electron chi connectivity index (χ0n) is 9.90. The lowest BCUT2D eigenvalue weighted by atomic mass is 10.2. The molecule has 0 saturated heterocycles. The van der Waals surface area contributed by atoms with Crippen molar-refractivity contribution in [3.63, 3.8) is 0 Å². The average Bonchev–Trinajstić information content (AvgIpc) is 2.54. The van der Waals surface area contributed by atoms with Crippen molar-refractivity contribution >= 4 is 16.7 Å². The molecule has 2 rings (SSSR count). The third-order valence-corrected chi connectivity index (χ3v) is 2.81. The van der Waals surface area contributed by atoms with Crippen LogP contribution in [0.25, 0.3) is 11.0 Å². The first-order valence-electron chi connectivity index (χ1n) is 5.37. The van der Waals surface area contributed by atoms with Crippen LogP contribution in [-0.4, -0.2) is 22.8 Å². The fourth-order valence-electron chi connectivity index (χ4n) is 1.83. The van der Waals surface area contributed by atoms with Gasteiger partial charge in [-0.15, -0.1) is 0 Å². The molecule has 0 amide bonds. The quantitative estimate of drug-likeness (QED) is 0.803. The van der Waals surface area contributed by atoms with Crippen molar-refractivity contribution in [1.82, 2.24) is 9.55 Å². The zero-order chi connectivity index (χ0) is 11.7. The molecule has 0 radical (unpaired) electrons. The molecule has 1 heterocycles. The van der Waals surface area contributed by atoms with Gasteiger partial charge in [0, 0.05) is 12.8 Å². The minimum Gasteiger partial charge on any atom is -0.399 e. The Balaban J connectivity index is 2.47. The van der Waals surface area contributed by atoms with Crippen LogP contribution in [-0.2, 0) is 11.3 Å². The second kappa shape index (κ2) is 4.14. The number of imidazole rings is 1. The minimum absolute atomic E-state index is 0.175. The maximum Gasteiger partial charge on any atom is 0.106 e. The van der Waals surface area contributed by atoms with Crippen molar-refractivity contribution in [3.8, 4) is 0 Å². The molecule has 0 aliphatic rings. The van der Waals surface area contributed by atoms with Crippen molar-refractivity contribution in [2.24, 2.45) is 0 Å². The Morgan fingerprint density at radius 1 is 1.50 bits per heavy atom. The monoisotopic (exact) mass is 219 g/mol. The van der Waals surface area contributed by atoms with Crippen molar-refractivity contribution < 1.29 is 4.74 Å². The maximum absolute atomic E-state index is 5.74. The highest BCUT2D eigenvalue weighted by Crippen LogP contribution is 2.19. The molecule has 0 aliphatic heterocycles. The third-order valence-electron chi connectivity index (χ3n) is 2.81. The van der Waals surface area contributed by atoms with Gasteiger partial charge in [-0.25, -0.2) is 4.98 Å². The van der Waals surface area contributed by atoms with Crippen molar-refractivity contribution in [2.45, 2.75) is 26.5 Å². The summed E-state index contributed by atoms with van der Waals surface area (Å²) in [5.41, 5.74) is 8.54. The summed E-state index contributed by atoms with van der Waals surface area (Å²) in [6.45, 7) is 4.85. The lowest BCUT2D eigenvalue weighted by Gasteiger charge is -2.12. The Morgan fingerprint density at radius 2 is 2.25 bits per heavy atom. The molecule has 4 nitrogen and oxygen atoms in total. The van der Waals surface area contributed by atoms with Crippen LogP contribution in [0.5, 0.6) is 0 Å². The van der Waals surface area contributed by atoms with Gasteiger partial charge in [0.2, 0.25) is 0 Å². The van der Waals surface area contributed by atoms with E-state index in [-0.39, 0.29) is 6.10 Å². The van der Waals surface area contributed by atoms with Crippen LogP contribution in [0.1, 0.15) is 12.7 Å². The molecular formula is C12H17N3O. The average molecular weight is 219 g/mol. The number of rotatable bonds is 3. The van der Waals surface area contributed by atoms with Crippen molar-refractivity contribution in [1.29, 1.82) is 0 Å². The smallest absolute Gasteiger partial charge is 0.106 e. The molecule has 0 fully saturated rings. The van der Waals surface area contributed by atoms with Crippen LogP contribution in [0.3, 0.4) is 0 Å². The van der Waals surface area contributed by atoms with Crippen LogP contribution in [0.2, 0.25) is 0 Å². The van der Waals surface area contributed by atoms with E-state index in [1.165, 1.54) is 0 Å². The van der Waals surface area contributed by atoms with E-state index >= 15 is 0 Å². The Hall–Kier alpha value is -1.55. The summed E-state index contributed by atoms with van der Waals surface area (Å²) in [7, 11) is 1.72. The SMILES string of the molecule is COC(C)Cn1c(C)nc2cc(N)ccc21. The zero-order valence-corrected chi connectivity index (χ0v) is 9.90. The molecule has 16 heavy (non-hydrogen) atoms. The lowest BCUT2D eigenvalue weighted by molar-refractivity contribution is 0.104. The number of aryl methyl sites for hydroxylation is 1. The van der Waals surface area contributed by atoms with Gasteiger partial charge in [0.1, 0.15) is 5.82 Å². The number of ether oxygens (including phenoxy) is 1. The summed E-state index contributed by atoms with van der Waals surface area (Å²) in [6, 6.07) is 5.81. The summed E-state index contributed by atoms with van der Waals surface area (Å²) < 4.78 is 7.43. The summed E-state index contributed by atoms with van der Waals surface area (Å²) in [5, 5.41) is 0. The second-order valence-corrected chi connectivity index (χ2v) is 4.06. The largest absolute Gasteiger partial charge is 0.399 e. The van der Waals surface area contributed by atoms with Gasteiger partial charge in [-0.1, -0.05) is 0 Å². The molecule has 1 aromatic heterocycles. The molecule has 1 atom stereocenters. The van der Waals surface area contributed by atoms with Crippen LogP contribution >= 0.6 is 0 Å². The second-order valence-electron chi connectivity index (χ2n) is 4.06. The van der Waals surface area contributed by atoms with Gasteiger partial charge in [-0.2, -0.15) is 0 Å².